The third-order valence-electron chi connectivity index (χ3n) is 4.87. The van der Waals surface area contributed by atoms with Crippen LogP contribution in [0, 0.1) is 0 Å². The van der Waals surface area contributed by atoms with E-state index >= 15 is 0 Å². The summed E-state index contributed by atoms with van der Waals surface area (Å²) in [6.45, 7) is 0.173. The second-order valence-corrected chi connectivity index (χ2v) is 6.50. The average Bonchev–Trinajstić information content (AvgIpc) is 2.92. The molecule has 3 unspecified atom stereocenters. The first-order chi connectivity index (χ1) is 12.9. The second kappa shape index (κ2) is 6.41. The van der Waals surface area contributed by atoms with Gasteiger partial charge in [0.15, 0.2) is 12.2 Å². The molecule has 4 rings (SSSR count). The van der Waals surface area contributed by atoms with E-state index in [2.05, 4.69) is 0 Å². The molecule has 27 heavy (non-hydrogen) atoms. The average molecular weight is 376 g/mol. The van der Waals surface area contributed by atoms with Gasteiger partial charge in [-0.1, -0.05) is 17.2 Å². The summed E-state index contributed by atoms with van der Waals surface area (Å²) in [6.07, 6.45) is -4.73. The number of esters is 1. The Morgan fingerprint density at radius 3 is 2.15 bits per heavy atom. The van der Waals surface area contributed by atoms with Gasteiger partial charge in [-0.25, -0.2) is 9.59 Å². The lowest BCUT2D eigenvalue weighted by molar-refractivity contribution is -0.278. The van der Waals surface area contributed by atoms with Crippen LogP contribution in [0.1, 0.15) is 33.6 Å². The molecular weight excluding hydrogens is 360 g/mol. The Hall–Kier alpha value is -2.82. The summed E-state index contributed by atoms with van der Waals surface area (Å²) in [4.78, 5) is 55.5. The molecule has 2 amide bonds. The standard InChI is InChI=1S/C17H16N2O8/c20-11-12(21)17(25)27-18-7-3-6-10(15(18)26-16(11)24)19-13(22)8-4-1-2-5-9(8)14(19)23/h1-2,4-5,10-12,15,20-21H,3,6-7H2/t10-,11?,12?,15?/m0/s1. The predicted octanol–water partition coefficient (Wildman–Crippen LogP) is -1.19. The number of benzene rings is 1. The molecule has 10 heteroatoms. The first kappa shape index (κ1) is 17.6. The van der Waals surface area contributed by atoms with Gasteiger partial charge in [0.2, 0.25) is 6.23 Å². The van der Waals surface area contributed by atoms with E-state index in [4.69, 9.17) is 9.57 Å². The van der Waals surface area contributed by atoms with E-state index in [1.807, 2.05) is 0 Å². The van der Waals surface area contributed by atoms with Gasteiger partial charge in [-0.2, -0.15) is 0 Å². The number of imide groups is 1. The molecule has 0 bridgehead atoms. The fraction of sp³-hybridized carbons (Fsp3) is 0.412. The van der Waals surface area contributed by atoms with Gasteiger partial charge in [0, 0.05) is 6.54 Å². The quantitative estimate of drug-likeness (QED) is 0.458. The van der Waals surface area contributed by atoms with Gasteiger partial charge < -0.3 is 19.8 Å². The molecule has 3 aliphatic heterocycles. The van der Waals surface area contributed by atoms with E-state index in [9.17, 15) is 29.4 Å². The van der Waals surface area contributed by atoms with Gasteiger partial charge >= 0.3 is 11.9 Å². The van der Waals surface area contributed by atoms with Crippen molar-refractivity contribution in [2.75, 3.05) is 6.54 Å². The van der Waals surface area contributed by atoms with E-state index in [0.717, 1.165) is 9.96 Å². The van der Waals surface area contributed by atoms with Gasteiger partial charge in [-0.05, 0) is 25.0 Å². The zero-order valence-electron chi connectivity index (χ0n) is 14.0. The van der Waals surface area contributed by atoms with Crippen LogP contribution in [0.5, 0.6) is 0 Å². The molecule has 0 saturated carbocycles. The molecule has 0 aromatic heterocycles. The number of aliphatic hydroxyl groups is 2. The van der Waals surface area contributed by atoms with Crippen LogP contribution in [0.2, 0.25) is 0 Å². The number of nitrogens with zero attached hydrogens (tertiary/aromatic N) is 2. The number of ether oxygens (including phenoxy) is 1. The largest absolute Gasteiger partial charge is 0.439 e. The van der Waals surface area contributed by atoms with Crippen LogP contribution in [-0.2, 0) is 19.2 Å². The monoisotopic (exact) mass is 376 g/mol. The molecule has 1 aromatic rings. The van der Waals surface area contributed by atoms with Crippen LogP contribution in [0.15, 0.2) is 24.3 Å². The van der Waals surface area contributed by atoms with Gasteiger partial charge in [-0.15, -0.1) is 0 Å². The fourth-order valence-corrected chi connectivity index (χ4v) is 3.53. The molecule has 2 fully saturated rings. The molecule has 3 heterocycles. The Balaban J connectivity index is 1.68. The van der Waals surface area contributed by atoms with Crippen molar-refractivity contribution in [3.63, 3.8) is 0 Å². The second-order valence-electron chi connectivity index (χ2n) is 6.50. The first-order valence-electron chi connectivity index (χ1n) is 8.42. The molecule has 0 spiro atoms. The summed E-state index contributed by atoms with van der Waals surface area (Å²) >= 11 is 0. The topological polar surface area (TPSA) is 134 Å². The van der Waals surface area contributed by atoms with Gasteiger partial charge in [-0.3, -0.25) is 14.5 Å². The van der Waals surface area contributed by atoms with Crippen molar-refractivity contribution in [2.45, 2.75) is 37.3 Å². The minimum absolute atomic E-state index is 0.173. The number of rotatable bonds is 1. The maximum absolute atomic E-state index is 12.7. The van der Waals surface area contributed by atoms with Gasteiger partial charge in [0.05, 0.1) is 17.2 Å². The number of fused-ring (bicyclic) bond motifs is 2. The lowest BCUT2D eigenvalue weighted by Gasteiger charge is -2.43. The van der Waals surface area contributed by atoms with Crippen LogP contribution in [0.25, 0.3) is 0 Å². The van der Waals surface area contributed by atoms with Crippen molar-refractivity contribution >= 4 is 23.8 Å². The Bertz CT molecular complexity index is 805. The summed E-state index contributed by atoms with van der Waals surface area (Å²) in [5.41, 5.74) is 0.480. The number of aliphatic hydroxyl groups excluding tert-OH is 2. The molecule has 3 aliphatic rings. The first-order valence-corrected chi connectivity index (χ1v) is 8.42. The summed E-state index contributed by atoms with van der Waals surface area (Å²) < 4.78 is 5.20. The zero-order chi connectivity index (χ0) is 19.3. The number of carbonyl (C=O) groups is 4. The molecule has 10 nitrogen and oxygen atoms in total. The lowest BCUT2D eigenvalue weighted by atomic mass is 10.0. The van der Waals surface area contributed by atoms with Crippen molar-refractivity contribution in [3.05, 3.63) is 35.4 Å². The summed E-state index contributed by atoms with van der Waals surface area (Å²) in [5.74, 6) is -3.52. The number of carbonyl (C=O) groups excluding carboxylic acids is 4. The van der Waals surface area contributed by atoms with Crippen molar-refractivity contribution in [1.29, 1.82) is 0 Å². The van der Waals surface area contributed by atoms with E-state index in [-0.39, 0.29) is 17.7 Å². The molecule has 1 aromatic carbocycles. The van der Waals surface area contributed by atoms with Gasteiger partial charge in [0.1, 0.15) is 0 Å². The smallest absolute Gasteiger partial charge is 0.357 e. The fourth-order valence-electron chi connectivity index (χ4n) is 3.53. The molecule has 4 atom stereocenters. The van der Waals surface area contributed by atoms with Crippen LogP contribution in [-0.4, -0.2) is 75.0 Å². The molecule has 2 saturated heterocycles. The van der Waals surface area contributed by atoms with E-state index in [0.29, 0.717) is 12.8 Å². The third-order valence-corrected chi connectivity index (χ3v) is 4.87. The van der Waals surface area contributed by atoms with Crippen molar-refractivity contribution in [1.82, 2.24) is 9.96 Å². The SMILES string of the molecule is O=C1OC2[C@@H](N3C(=O)c4ccccc4C3=O)CCCN2OC(=O)C(O)C1O. The zero-order valence-corrected chi connectivity index (χ0v) is 14.0. The highest BCUT2D eigenvalue weighted by molar-refractivity contribution is 6.21. The maximum atomic E-state index is 12.7. The molecule has 0 aliphatic carbocycles. The van der Waals surface area contributed by atoms with Crippen LogP contribution < -0.4 is 0 Å². The minimum atomic E-state index is -2.12. The molecule has 142 valence electrons. The van der Waals surface area contributed by atoms with Gasteiger partial charge in [0.25, 0.3) is 11.8 Å². The summed E-state index contributed by atoms with van der Waals surface area (Å²) in [6, 6.07) is 5.41. The Labute approximate surface area is 152 Å². The van der Waals surface area contributed by atoms with E-state index in [1.54, 1.807) is 12.1 Å². The van der Waals surface area contributed by atoms with E-state index in [1.165, 1.54) is 12.1 Å². The van der Waals surface area contributed by atoms with Crippen LogP contribution in [0.4, 0.5) is 0 Å². The minimum Gasteiger partial charge on any atom is -0.439 e. The van der Waals surface area contributed by atoms with Crippen molar-refractivity contribution in [2.24, 2.45) is 0 Å². The molecular formula is C17H16N2O8. The predicted molar refractivity (Wildman–Crippen MR) is 84.7 cm³/mol. The van der Waals surface area contributed by atoms with Crippen LogP contribution in [0.3, 0.4) is 0 Å². The van der Waals surface area contributed by atoms with E-state index < -0.39 is 48.2 Å². The Morgan fingerprint density at radius 1 is 0.926 bits per heavy atom. The molecule has 2 N–H and O–H groups in total. The van der Waals surface area contributed by atoms with Crippen molar-refractivity contribution < 1.29 is 39.0 Å². The highest BCUT2D eigenvalue weighted by Crippen LogP contribution is 2.32. The number of piperidine rings is 1. The number of hydrogen-bond donors (Lipinski definition) is 2. The number of hydrogen-bond acceptors (Lipinski definition) is 9. The highest BCUT2D eigenvalue weighted by atomic mass is 16.8. The van der Waals surface area contributed by atoms with Crippen LogP contribution >= 0.6 is 0 Å². The Kier molecular flexibility index (Phi) is 4.17. The summed E-state index contributed by atoms with van der Waals surface area (Å²) in [5, 5.41) is 20.4. The Morgan fingerprint density at radius 2 is 1.52 bits per heavy atom. The van der Waals surface area contributed by atoms with Crippen molar-refractivity contribution in [3.8, 4) is 0 Å². The maximum Gasteiger partial charge on any atom is 0.357 e. The highest BCUT2D eigenvalue weighted by Gasteiger charge is 2.50. The number of amides is 2. The third kappa shape index (κ3) is 2.69. The normalized spacial score (nSPS) is 31.6. The summed E-state index contributed by atoms with van der Waals surface area (Å²) in [7, 11) is 0. The lowest BCUT2D eigenvalue weighted by Crippen LogP contribution is -2.62. The molecule has 0 radical (unpaired) electrons. The number of hydroxylamine groups is 2.